The highest BCUT2D eigenvalue weighted by Gasteiger charge is 2.40. The van der Waals surface area contributed by atoms with Crippen LogP contribution in [0.15, 0.2) is 24.3 Å². The number of carboxylic acid groups (broad SMARTS) is 1. The first kappa shape index (κ1) is 10.8. The molecule has 0 heterocycles. The fraction of sp³-hybridized carbons (Fsp3) is 0.333. The summed E-state index contributed by atoms with van der Waals surface area (Å²) in [6, 6.07) is 5.47. The first-order valence-electron chi connectivity index (χ1n) is 5.10. The number of carbonyl (C=O) groups excluding carboxylic acids is 1. The summed E-state index contributed by atoms with van der Waals surface area (Å²) in [7, 11) is 0. The molecule has 0 bridgehead atoms. The van der Waals surface area contributed by atoms with Crippen LogP contribution in [-0.2, 0) is 9.59 Å². The van der Waals surface area contributed by atoms with Crippen molar-refractivity contribution in [3.63, 3.8) is 0 Å². The molecule has 0 aromatic heterocycles. The average Bonchev–Trinajstić information content (AvgIpc) is 2.62. The van der Waals surface area contributed by atoms with Crippen molar-refractivity contribution in [1.29, 1.82) is 0 Å². The standard InChI is InChI=1S/C12H11FO3/c13-8-3-1-7(2-4-8)11-9(12(15)16)5-6-10(11)14/h1-4,9,11H,5-6H2,(H,15,16)/t9-,11+/m0/s1. The molecule has 0 amide bonds. The van der Waals surface area contributed by atoms with Gasteiger partial charge in [0.15, 0.2) is 0 Å². The van der Waals surface area contributed by atoms with Crippen molar-refractivity contribution in [2.24, 2.45) is 5.92 Å². The van der Waals surface area contributed by atoms with Gasteiger partial charge in [0.25, 0.3) is 0 Å². The lowest BCUT2D eigenvalue weighted by molar-refractivity contribution is -0.142. The van der Waals surface area contributed by atoms with Gasteiger partial charge in [0.2, 0.25) is 0 Å². The van der Waals surface area contributed by atoms with Gasteiger partial charge in [0.1, 0.15) is 11.6 Å². The van der Waals surface area contributed by atoms with Gasteiger partial charge >= 0.3 is 5.97 Å². The Hall–Kier alpha value is -1.71. The zero-order valence-corrected chi connectivity index (χ0v) is 8.52. The van der Waals surface area contributed by atoms with E-state index in [4.69, 9.17) is 5.11 Å². The first-order chi connectivity index (χ1) is 7.59. The number of aliphatic carboxylic acids is 1. The first-order valence-corrected chi connectivity index (χ1v) is 5.10. The van der Waals surface area contributed by atoms with E-state index in [-0.39, 0.29) is 11.6 Å². The number of carboxylic acids is 1. The number of Topliss-reactive ketones (excluding diaryl/α,β-unsaturated/α-hetero) is 1. The van der Waals surface area contributed by atoms with Crippen LogP contribution in [0.25, 0.3) is 0 Å². The van der Waals surface area contributed by atoms with E-state index < -0.39 is 17.8 Å². The minimum atomic E-state index is -0.958. The Bertz CT molecular complexity index is 424. The molecule has 1 N–H and O–H groups in total. The lowest BCUT2D eigenvalue weighted by atomic mass is 9.88. The maximum Gasteiger partial charge on any atom is 0.307 e. The molecule has 1 aliphatic carbocycles. The average molecular weight is 222 g/mol. The Labute approximate surface area is 91.9 Å². The summed E-state index contributed by atoms with van der Waals surface area (Å²) in [6.45, 7) is 0. The Morgan fingerprint density at radius 2 is 1.94 bits per heavy atom. The van der Waals surface area contributed by atoms with Crippen molar-refractivity contribution < 1.29 is 19.1 Å². The smallest absolute Gasteiger partial charge is 0.307 e. The van der Waals surface area contributed by atoms with E-state index in [2.05, 4.69) is 0 Å². The van der Waals surface area contributed by atoms with Crippen LogP contribution in [0.3, 0.4) is 0 Å². The highest BCUT2D eigenvalue weighted by molar-refractivity contribution is 5.93. The Morgan fingerprint density at radius 3 is 2.50 bits per heavy atom. The molecule has 1 aromatic rings. The number of carbonyl (C=O) groups is 2. The van der Waals surface area contributed by atoms with E-state index in [1.807, 2.05) is 0 Å². The van der Waals surface area contributed by atoms with Crippen molar-refractivity contribution >= 4 is 11.8 Å². The second-order valence-electron chi connectivity index (χ2n) is 3.98. The number of halogens is 1. The minimum absolute atomic E-state index is 0.0704. The second kappa shape index (κ2) is 4.04. The summed E-state index contributed by atoms with van der Waals surface area (Å²) < 4.78 is 12.7. The minimum Gasteiger partial charge on any atom is -0.481 e. The van der Waals surface area contributed by atoms with Crippen LogP contribution >= 0.6 is 0 Å². The molecule has 2 rings (SSSR count). The van der Waals surface area contributed by atoms with Crippen LogP contribution in [0.1, 0.15) is 24.3 Å². The molecule has 1 aromatic carbocycles. The summed E-state index contributed by atoms with van der Waals surface area (Å²) in [5.41, 5.74) is 0.594. The van der Waals surface area contributed by atoms with E-state index >= 15 is 0 Å². The third-order valence-corrected chi connectivity index (χ3v) is 3.00. The summed E-state index contributed by atoms with van der Waals surface area (Å²) in [5.74, 6) is -2.70. The molecule has 1 saturated carbocycles. The van der Waals surface area contributed by atoms with Crippen LogP contribution in [0, 0.1) is 11.7 Å². The largest absolute Gasteiger partial charge is 0.481 e. The monoisotopic (exact) mass is 222 g/mol. The second-order valence-corrected chi connectivity index (χ2v) is 3.98. The Morgan fingerprint density at radius 1 is 1.31 bits per heavy atom. The SMILES string of the molecule is O=C(O)[C@H]1CCC(=O)[C@@H]1c1ccc(F)cc1. The van der Waals surface area contributed by atoms with Gasteiger partial charge in [-0.2, -0.15) is 0 Å². The summed E-state index contributed by atoms with van der Waals surface area (Å²) in [5, 5.41) is 8.99. The van der Waals surface area contributed by atoms with Crippen LogP contribution in [0.5, 0.6) is 0 Å². The highest BCUT2D eigenvalue weighted by atomic mass is 19.1. The molecule has 84 valence electrons. The van der Waals surface area contributed by atoms with Crippen LogP contribution in [-0.4, -0.2) is 16.9 Å². The van der Waals surface area contributed by atoms with Gasteiger partial charge in [-0.25, -0.2) is 4.39 Å². The van der Waals surface area contributed by atoms with Gasteiger partial charge in [-0.15, -0.1) is 0 Å². The molecule has 0 saturated heterocycles. The molecule has 1 aliphatic rings. The molecule has 3 nitrogen and oxygen atoms in total. The molecule has 0 spiro atoms. The number of hydrogen-bond acceptors (Lipinski definition) is 2. The fourth-order valence-electron chi connectivity index (χ4n) is 2.20. The van der Waals surface area contributed by atoms with E-state index in [1.54, 1.807) is 0 Å². The van der Waals surface area contributed by atoms with Crippen molar-refractivity contribution in [1.82, 2.24) is 0 Å². The quantitative estimate of drug-likeness (QED) is 0.832. The lowest BCUT2D eigenvalue weighted by Crippen LogP contribution is -2.20. The topological polar surface area (TPSA) is 54.4 Å². The molecule has 16 heavy (non-hydrogen) atoms. The molecule has 0 radical (unpaired) electrons. The molecule has 0 aliphatic heterocycles. The fourth-order valence-corrected chi connectivity index (χ4v) is 2.20. The normalized spacial score (nSPS) is 24.7. The number of rotatable bonds is 2. The van der Waals surface area contributed by atoms with Gasteiger partial charge in [0.05, 0.1) is 11.8 Å². The third-order valence-electron chi connectivity index (χ3n) is 3.00. The predicted molar refractivity (Wildman–Crippen MR) is 54.5 cm³/mol. The molecule has 2 atom stereocenters. The third kappa shape index (κ3) is 1.83. The zero-order valence-electron chi connectivity index (χ0n) is 8.52. The highest BCUT2D eigenvalue weighted by Crippen LogP contribution is 2.37. The predicted octanol–water partition coefficient (Wildman–Crippen LogP) is 1.97. The Balaban J connectivity index is 2.33. The van der Waals surface area contributed by atoms with Gasteiger partial charge in [-0.3, -0.25) is 9.59 Å². The van der Waals surface area contributed by atoms with Crippen LogP contribution in [0.2, 0.25) is 0 Å². The maximum atomic E-state index is 12.7. The Kier molecular flexibility index (Phi) is 2.73. The van der Waals surface area contributed by atoms with Crippen LogP contribution in [0.4, 0.5) is 4.39 Å². The van der Waals surface area contributed by atoms with Gasteiger partial charge in [-0.05, 0) is 24.1 Å². The molecular weight excluding hydrogens is 211 g/mol. The molecule has 4 heteroatoms. The van der Waals surface area contributed by atoms with Gasteiger partial charge < -0.3 is 5.11 Å². The van der Waals surface area contributed by atoms with Crippen molar-refractivity contribution in [2.75, 3.05) is 0 Å². The van der Waals surface area contributed by atoms with Crippen LogP contribution < -0.4 is 0 Å². The van der Waals surface area contributed by atoms with E-state index in [1.165, 1.54) is 24.3 Å². The lowest BCUT2D eigenvalue weighted by Gasteiger charge is -2.14. The summed E-state index contributed by atoms with van der Waals surface area (Å²) in [4.78, 5) is 22.6. The maximum absolute atomic E-state index is 12.7. The zero-order chi connectivity index (χ0) is 11.7. The summed E-state index contributed by atoms with van der Waals surface area (Å²) in [6.07, 6.45) is 0.662. The van der Waals surface area contributed by atoms with Crippen molar-refractivity contribution in [3.8, 4) is 0 Å². The number of benzene rings is 1. The summed E-state index contributed by atoms with van der Waals surface area (Å²) >= 11 is 0. The van der Waals surface area contributed by atoms with Crippen molar-refractivity contribution in [3.05, 3.63) is 35.6 Å². The van der Waals surface area contributed by atoms with Crippen molar-refractivity contribution in [2.45, 2.75) is 18.8 Å². The number of ketones is 1. The molecule has 1 fully saturated rings. The number of hydrogen-bond donors (Lipinski definition) is 1. The van der Waals surface area contributed by atoms with Gasteiger partial charge in [0, 0.05) is 6.42 Å². The molecule has 0 unspecified atom stereocenters. The van der Waals surface area contributed by atoms with E-state index in [0.29, 0.717) is 18.4 Å². The van der Waals surface area contributed by atoms with E-state index in [0.717, 1.165) is 0 Å². The van der Waals surface area contributed by atoms with Gasteiger partial charge in [-0.1, -0.05) is 12.1 Å². The van der Waals surface area contributed by atoms with E-state index in [9.17, 15) is 14.0 Å². The molecular formula is C12H11FO3.